The Labute approximate surface area is 259 Å². The molecule has 1 saturated heterocycles. The van der Waals surface area contributed by atoms with Gasteiger partial charge in [0.25, 0.3) is 11.8 Å². The molecule has 5 rings (SSSR count). The fourth-order valence-corrected chi connectivity index (χ4v) is 6.58. The molecule has 0 atom stereocenters. The number of aryl methyl sites for hydroxylation is 1. The molecule has 0 spiro atoms. The monoisotopic (exact) mass is 603 g/mol. The van der Waals surface area contributed by atoms with E-state index in [-0.39, 0.29) is 19.1 Å². The summed E-state index contributed by atoms with van der Waals surface area (Å²) < 4.78 is 6.02. The van der Waals surface area contributed by atoms with Crippen LogP contribution in [0.2, 0.25) is 5.02 Å². The molecule has 0 bridgehead atoms. The number of hydrogen-bond acceptors (Lipinski definition) is 5. The van der Waals surface area contributed by atoms with E-state index in [1.165, 1.54) is 23.1 Å². The summed E-state index contributed by atoms with van der Waals surface area (Å²) in [4.78, 5) is 26.8. The summed E-state index contributed by atoms with van der Waals surface area (Å²) in [5.74, 6) is 0.765. The van der Waals surface area contributed by atoms with Crippen LogP contribution in [0.4, 0.5) is 0 Å². The molecular formula is C35H42ClN3O4. The van der Waals surface area contributed by atoms with Gasteiger partial charge in [-0.1, -0.05) is 41.9 Å². The van der Waals surface area contributed by atoms with E-state index in [0.29, 0.717) is 28.6 Å². The lowest BCUT2D eigenvalue weighted by Gasteiger charge is -2.34. The number of amides is 2. The van der Waals surface area contributed by atoms with Crippen molar-refractivity contribution in [3.8, 4) is 16.9 Å². The number of unbranched alkanes of at least 4 members (excludes halogenated alkanes) is 1. The molecular weight excluding hydrogens is 562 g/mol. The highest BCUT2D eigenvalue weighted by molar-refractivity contribution is 6.30. The Balaban J connectivity index is 1.07. The van der Waals surface area contributed by atoms with Crippen LogP contribution in [0.5, 0.6) is 5.75 Å². The average Bonchev–Trinajstić information content (AvgIpc) is 3.03. The molecule has 0 aromatic heterocycles. The van der Waals surface area contributed by atoms with E-state index in [1.807, 2.05) is 30.3 Å². The Morgan fingerprint density at radius 3 is 2.51 bits per heavy atom. The topological polar surface area (TPSA) is 105 Å². The molecule has 1 fully saturated rings. The van der Waals surface area contributed by atoms with Crippen LogP contribution in [0.1, 0.15) is 77.1 Å². The van der Waals surface area contributed by atoms with Gasteiger partial charge in [-0.15, -0.1) is 0 Å². The van der Waals surface area contributed by atoms with Crippen molar-refractivity contribution in [1.29, 1.82) is 0 Å². The number of benzene rings is 3. The molecule has 8 heteroatoms. The highest BCUT2D eigenvalue weighted by atomic mass is 35.5. The third-order valence-corrected chi connectivity index (χ3v) is 9.03. The number of primary amides is 1. The van der Waals surface area contributed by atoms with Crippen molar-refractivity contribution in [3.05, 3.63) is 87.4 Å². The maximum absolute atomic E-state index is 12.8. The molecule has 2 amide bonds. The number of nitrogens with two attached hydrogens (primary N) is 1. The summed E-state index contributed by atoms with van der Waals surface area (Å²) in [6.07, 6.45) is 8.45. The number of piperidine rings is 1. The van der Waals surface area contributed by atoms with Gasteiger partial charge in [0.05, 0.1) is 6.61 Å². The van der Waals surface area contributed by atoms with Gasteiger partial charge in [-0.3, -0.25) is 9.59 Å². The number of aliphatic hydroxyl groups is 1. The van der Waals surface area contributed by atoms with Crippen molar-refractivity contribution in [2.24, 2.45) is 5.73 Å². The zero-order chi connectivity index (χ0) is 30.2. The highest BCUT2D eigenvalue weighted by Gasteiger charge is 2.26. The van der Waals surface area contributed by atoms with Gasteiger partial charge in [-0.2, -0.15) is 0 Å². The predicted octanol–water partition coefficient (Wildman–Crippen LogP) is 5.63. The van der Waals surface area contributed by atoms with Crippen LogP contribution in [0, 0.1) is 0 Å². The molecule has 3 aromatic rings. The molecule has 1 aliphatic carbocycles. The van der Waals surface area contributed by atoms with E-state index in [0.717, 1.165) is 81.5 Å². The first-order valence-electron chi connectivity index (χ1n) is 15.5. The Hall–Kier alpha value is -3.39. The second-order valence-corrected chi connectivity index (χ2v) is 12.1. The van der Waals surface area contributed by atoms with Crippen LogP contribution in [0.25, 0.3) is 11.1 Å². The lowest BCUT2D eigenvalue weighted by molar-refractivity contribution is -0.120. The first kappa shape index (κ1) is 31.0. The van der Waals surface area contributed by atoms with Crippen molar-refractivity contribution >= 4 is 23.4 Å². The van der Waals surface area contributed by atoms with Crippen LogP contribution < -0.4 is 15.8 Å². The number of likely N-dealkylation sites (tertiary alicyclic amines) is 1. The molecule has 228 valence electrons. The van der Waals surface area contributed by atoms with Crippen molar-refractivity contribution in [1.82, 2.24) is 10.2 Å². The van der Waals surface area contributed by atoms with Gasteiger partial charge >= 0.3 is 0 Å². The van der Waals surface area contributed by atoms with Crippen LogP contribution in [0.3, 0.4) is 0 Å². The molecule has 1 heterocycles. The largest absolute Gasteiger partial charge is 0.483 e. The number of hydrogen-bond donors (Lipinski definition) is 3. The Kier molecular flexibility index (Phi) is 10.7. The summed E-state index contributed by atoms with van der Waals surface area (Å²) in [7, 11) is 0. The van der Waals surface area contributed by atoms with Crippen LogP contribution in [-0.4, -0.2) is 54.6 Å². The number of aliphatic hydroxyl groups excluding tert-OH is 1. The zero-order valence-electron chi connectivity index (χ0n) is 24.7. The number of ether oxygens (including phenoxy) is 1. The van der Waals surface area contributed by atoms with Crippen molar-refractivity contribution in [3.63, 3.8) is 0 Å². The molecule has 1 aliphatic heterocycles. The van der Waals surface area contributed by atoms with E-state index >= 15 is 0 Å². The van der Waals surface area contributed by atoms with E-state index < -0.39 is 5.91 Å². The fraction of sp³-hybridized carbons (Fsp3) is 0.429. The van der Waals surface area contributed by atoms with Crippen molar-refractivity contribution < 1.29 is 19.4 Å². The summed E-state index contributed by atoms with van der Waals surface area (Å²) >= 11 is 6.00. The quantitative estimate of drug-likeness (QED) is 0.233. The third kappa shape index (κ3) is 7.96. The maximum atomic E-state index is 12.8. The summed E-state index contributed by atoms with van der Waals surface area (Å²) in [6.45, 7) is 3.43. The predicted molar refractivity (Wildman–Crippen MR) is 171 cm³/mol. The van der Waals surface area contributed by atoms with Gasteiger partial charge < -0.3 is 25.8 Å². The Bertz CT molecular complexity index is 1420. The molecule has 7 nitrogen and oxygen atoms in total. The minimum absolute atomic E-state index is 0.0733. The molecule has 2 aliphatic rings. The van der Waals surface area contributed by atoms with E-state index in [4.69, 9.17) is 22.1 Å². The van der Waals surface area contributed by atoms with Gasteiger partial charge in [0.1, 0.15) is 5.75 Å². The smallest absolute Gasteiger partial charge is 0.255 e. The number of carbonyl (C=O) groups excluding carboxylic acids is 2. The number of nitrogens with zero attached hydrogens (tertiary/aromatic N) is 1. The first-order valence-corrected chi connectivity index (χ1v) is 15.9. The SMILES string of the molecule is NC(=O)COc1c(C2CCN(CCCCNC(=O)c3ccc(-c4ccc(Cl)cc4)c(CO)c3)CC2)ccc2c1CCCC2. The minimum atomic E-state index is -0.438. The molecule has 4 N–H and O–H groups in total. The summed E-state index contributed by atoms with van der Waals surface area (Å²) in [5, 5.41) is 13.6. The molecule has 3 aromatic carbocycles. The van der Waals surface area contributed by atoms with E-state index in [1.54, 1.807) is 12.1 Å². The van der Waals surface area contributed by atoms with Crippen LogP contribution in [-0.2, 0) is 24.2 Å². The van der Waals surface area contributed by atoms with Crippen LogP contribution >= 0.6 is 11.6 Å². The van der Waals surface area contributed by atoms with E-state index in [9.17, 15) is 14.7 Å². The molecule has 0 saturated carbocycles. The van der Waals surface area contributed by atoms with E-state index in [2.05, 4.69) is 22.3 Å². The number of fused-ring (bicyclic) bond motifs is 1. The average molecular weight is 604 g/mol. The van der Waals surface area contributed by atoms with Crippen molar-refractivity contribution in [2.75, 3.05) is 32.8 Å². The lowest BCUT2D eigenvalue weighted by Crippen LogP contribution is -2.34. The second-order valence-electron chi connectivity index (χ2n) is 11.7. The lowest BCUT2D eigenvalue weighted by atomic mass is 9.83. The fourth-order valence-electron chi connectivity index (χ4n) is 6.46. The number of nitrogens with one attached hydrogen (secondary N) is 1. The first-order chi connectivity index (χ1) is 20.9. The zero-order valence-corrected chi connectivity index (χ0v) is 25.5. The molecule has 43 heavy (non-hydrogen) atoms. The van der Waals surface area contributed by atoms with Gasteiger partial charge in [-0.25, -0.2) is 0 Å². The van der Waals surface area contributed by atoms with Gasteiger partial charge in [-0.05, 0) is 135 Å². The minimum Gasteiger partial charge on any atom is -0.483 e. The number of carbonyl (C=O) groups is 2. The number of rotatable bonds is 12. The normalized spacial score (nSPS) is 15.6. The summed E-state index contributed by atoms with van der Waals surface area (Å²) in [5.41, 5.74) is 12.4. The molecule has 0 unspecified atom stereocenters. The van der Waals surface area contributed by atoms with Gasteiger partial charge in [0.2, 0.25) is 0 Å². The Morgan fingerprint density at radius 1 is 1.00 bits per heavy atom. The summed E-state index contributed by atoms with van der Waals surface area (Å²) in [6, 6.07) is 17.4. The standard InChI is InChI=1S/C35H42ClN3O4/c36-29-11-7-25(8-12-29)30-13-10-27(21-28(30)22-40)35(42)38-17-3-4-18-39-19-15-26(16-20-39)32-14-9-24-5-1-2-6-31(24)34(32)43-23-33(37)41/h7-14,21,26,40H,1-6,15-20,22-23H2,(H2,37,41)(H,38,42). The third-order valence-electron chi connectivity index (χ3n) is 8.78. The van der Waals surface area contributed by atoms with Crippen LogP contribution in [0.15, 0.2) is 54.6 Å². The highest BCUT2D eigenvalue weighted by Crippen LogP contribution is 2.40. The maximum Gasteiger partial charge on any atom is 0.255 e. The van der Waals surface area contributed by atoms with Crippen molar-refractivity contribution in [2.45, 2.75) is 63.9 Å². The Morgan fingerprint density at radius 2 is 1.77 bits per heavy atom. The number of halogens is 1. The van der Waals surface area contributed by atoms with Gasteiger partial charge in [0.15, 0.2) is 6.61 Å². The van der Waals surface area contributed by atoms with Gasteiger partial charge in [0, 0.05) is 17.1 Å². The molecule has 0 radical (unpaired) electrons. The second kappa shape index (κ2) is 14.9.